The molecule has 0 unspecified atom stereocenters. The average Bonchev–Trinajstić information content (AvgIpc) is 3.21. The van der Waals surface area contributed by atoms with E-state index in [0.717, 1.165) is 12.5 Å². The van der Waals surface area contributed by atoms with Gasteiger partial charge in [-0.15, -0.1) is 0 Å². The Balaban J connectivity index is 1.70. The zero-order valence-corrected chi connectivity index (χ0v) is 18.2. The van der Waals surface area contributed by atoms with Crippen molar-refractivity contribution >= 4 is 24.4 Å². The number of nitrogens with zero attached hydrogens (tertiary/aromatic N) is 1. The molecule has 2 aliphatic rings. The van der Waals surface area contributed by atoms with E-state index in [1.807, 2.05) is 0 Å². The Morgan fingerprint density at radius 2 is 1.43 bits per heavy atom. The second-order valence-corrected chi connectivity index (χ2v) is 11.6. The summed E-state index contributed by atoms with van der Waals surface area (Å²) in [5.41, 5.74) is 0.765. The smallest absolute Gasteiger partial charge is 0.187 e. The van der Waals surface area contributed by atoms with E-state index in [1.54, 1.807) is 0 Å². The molecule has 4 rings (SSSR count). The van der Waals surface area contributed by atoms with Crippen LogP contribution in [0.3, 0.4) is 0 Å². The fraction of sp³-hybridized carbons (Fsp3) is 0.480. The van der Waals surface area contributed by atoms with Crippen LogP contribution in [0.5, 0.6) is 0 Å². The van der Waals surface area contributed by atoms with Crippen LogP contribution in [0.1, 0.15) is 46.5 Å². The third-order valence-corrected chi connectivity index (χ3v) is 9.11. The zero-order chi connectivity index (χ0) is 19.6. The highest BCUT2D eigenvalue weighted by Crippen LogP contribution is 2.50. The Bertz CT molecular complexity index is 757. The van der Waals surface area contributed by atoms with Gasteiger partial charge in [-0.3, -0.25) is 0 Å². The predicted molar refractivity (Wildman–Crippen MR) is 121 cm³/mol. The van der Waals surface area contributed by atoms with Crippen LogP contribution in [0, 0.1) is 11.3 Å². The van der Waals surface area contributed by atoms with E-state index in [4.69, 9.17) is 9.73 Å². The number of hydrogen-bond donors (Lipinski definition) is 0. The van der Waals surface area contributed by atoms with Crippen molar-refractivity contribution in [2.45, 2.75) is 58.2 Å². The van der Waals surface area contributed by atoms with Crippen LogP contribution in [0.25, 0.3) is 0 Å². The lowest BCUT2D eigenvalue weighted by Gasteiger charge is -2.37. The molecule has 0 saturated heterocycles. The van der Waals surface area contributed by atoms with Crippen molar-refractivity contribution in [3.63, 3.8) is 0 Å². The molecule has 0 amide bonds. The average molecular weight is 394 g/mol. The molecule has 3 atom stereocenters. The quantitative estimate of drug-likeness (QED) is 0.627. The lowest BCUT2D eigenvalue weighted by Crippen LogP contribution is -2.35. The van der Waals surface area contributed by atoms with Gasteiger partial charge in [0, 0.05) is 5.92 Å². The first-order chi connectivity index (χ1) is 13.5. The Labute approximate surface area is 171 Å². The van der Waals surface area contributed by atoms with Crippen molar-refractivity contribution in [2.24, 2.45) is 16.3 Å². The maximum atomic E-state index is 6.24. The van der Waals surface area contributed by atoms with Crippen LogP contribution in [-0.4, -0.2) is 24.2 Å². The van der Waals surface area contributed by atoms with Gasteiger partial charge in [0.05, 0.1) is 6.04 Å². The number of ether oxygens (including phenoxy) is 1. The molecule has 0 bridgehead atoms. The first-order valence-electron chi connectivity index (χ1n) is 10.6. The van der Waals surface area contributed by atoms with Crippen LogP contribution in [0.15, 0.2) is 65.7 Å². The molecule has 0 N–H and O–H groups in total. The monoisotopic (exact) mass is 393 g/mol. The van der Waals surface area contributed by atoms with Gasteiger partial charge >= 0.3 is 0 Å². The van der Waals surface area contributed by atoms with Gasteiger partial charge in [-0.25, -0.2) is 4.99 Å². The van der Waals surface area contributed by atoms with Crippen LogP contribution in [0.2, 0.25) is 0 Å². The van der Waals surface area contributed by atoms with Gasteiger partial charge in [-0.1, -0.05) is 94.3 Å². The molecule has 0 spiro atoms. The van der Waals surface area contributed by atoms with Crippen molar-refractivity contribution < 1.29 is 4.74 Å². The van der Waals surface area contributed by atoms with Crippen molar-refractivity contribution in [2.75, 3.05) is 6.61 Å². The molecule has 2 aromatic rings. The van der Waals surface area contributed by atoms with E-state index >= 15 is 0 Å². The van der Waals surface area contributed by atoms with E-state index in [-0.39, 0.29) is 11.5 Å². The lowest BCUT2D eigenvalue weighted by atomic mass is 9.87. The number of benzene rings is 2. The molecule has 1 aliphatic carbocycles. The fourth-order valence-electron chi connectivity index (χ4n) is 4.46. The van der Waals surface area contributed by atoms with Gasteiger partial charge < -0.3 is 4.74 Å². The molecule has 3 heteroatoms. The van der Waals surface area contributed by atoms with E-state index in [2.05, 4.69) is 81.4 Å². The molecule has 2 aromatic carbocycles. The minimum Gasteiger partial charge on any atom is -0.478 e. The molecule has 28 heavy (non-hydrogen) atoms. The molecule has 1 saturated carbocycles. The largest absolute Gasteiger partial charge is 0.478 e. The van der Waals surface area contributed by atoms with Gasteiger partial charge in [-0.05, 0) is 42.4 Å². The molecule has 1 aliphatic heterocycles. The topological polar surface area (TPSA) is 21.6 Å². The van der Waals surface area contributed by atoms with Crippen molar-refractivity contribution in [1.82, 2.24) is 0 Å². The van der Waals surface area contributed by atoms with Crippen molar-refractivity contribution in [3.05, 3.63) is 60.7 Å². The van der Waals surface area contributed by atoms with Gasteiger partial charge in [0.15, 0.2) is 5.90 Å². The van der Waals surface area contributed by atoms with E-state index in [0.29, 0.717) is 11.6 Å². The first kappa shape index (κ1) is 19.6. The van der Waals surface area contributed by atoms with Crippen LogP contribution in [0.4, 0.5) is 0 Å². The van der Waals surface area contributed by atoms with Crippen LogP contribution < -0.4 is 10.6 Å². The Morgan fingerprint density at radius 3 is 1.96 bits per heavy atom. The minimum atomic E-state index is -0.428. The zero-order valence-electron chi connectivity index (χ0n) is 17.3. The summed E-state index contributed by atoms with van der Waals surface area (Å²) in [6.07, 6.45) is 5.08. The third kappa shape index (κ3) is 4.18. The van der Waals surface area contributed by atoms with Crippen LogP contribution >= 0.6 is 7.92 Å². The fourth-order valence-corrected chi connectivity index (χ4v) is 7.58. The summed E-state index contributed by atoms with van der Waals surface area (Å²) in [5.74, 6) is 1.50. The second-order valence-electron chi connectivity index (χ2n) is 9.16. The Hall–Kier alpha value is -1.66. The molecule has 0 aromatic heterocycles. The van der Waals surface area contributed by atoms with Crippen molar-refractivity contribution in [3.8, 4) is 0 Å². The molecule has 2 nitrogen and oxygen atoms in total. The summed E-state index contributed by atoms with van der Waals surface area (Å²) < 4.78 is 6.24. The molecule has 1 heterocycles. The van der Waals surface area contributed by atoms with E-state index < -0.39 is 7.92 Å². The Morgan fingerprint density at radius 1 is 0.857 bits per heavy atom. The molecule has 0 radical (unpaired) electrons. The normalized spacial score (nSPS) is 25.4. The molecule has 148 valence electrons. The highest BCUT2D eigenvalue weighted by Gasteiger charge is 2.40. The Kier molecular flexibility index (Phi) is 5.88. The maximum Gasteiger partial charge on any atom is 0.187 e. The molecule has 1 fully saturated rings. The van der Waals surface area contributed by atoms with Gasteiger partial charge in [0.25, 0.3) is 0 Å². The SMILES string of the molecule is CC(C)(C)[C@H]1COC([C@H]2CCCC[C@@H]2P(c2ccccc2)c2ccccc2)=N1. The number of hydrogen-bond acceptors (Lipinski definition) is 2. The summed E-state index contributed by atoms with van der Waals surface area (Å²) in [4.78, 5) is 5.11. The van der Waals surface area contributed by atoms with E-state index in [1.165, 1.54) is 36.3 Å². The summed E-state index contributed by atoms with van der Waals surface area (Å²) in [5, 5.41) is 2.96. The van der Waals surface area contributed by atoms with Gasteiger partial charge in [0.1, 0.15) is 6.61 Å². The lowest BCUT2D eigenvalue weighted by molar-refractivity contribution is 0.225. The maximum absolute atomic E-state index is 6.24. The predicted octanol–water partition coefficient (Wildman–Crippen LogP) is 5.52. The third-order valence-electron chi connectivity index (χ3n) is 6.12. The highest BCUT2D eigenvalue weighted by atomic mass is 31.1. The summed E-state index contributed by atoms with van der Waals surface area (Å²) in [6, 6.07) is 22.5. The molecular weight excluding hydrogens is 361 g/mol. The number of rotatable bonds is 4. The minimum absolute atomic E-state index is 0.162. The standard InChI is InChI=1S/C25H32NOP/c1-25(2,3)23-18-27-24(26-23)21-16-10-11-17-22(21)28(19-12-6-4-7-13-19)20-14-8-5-9-15-20/h4-9,12-15,21-23H,10-11,16-18H2,1-3H3/t21-,22-,23+/m0/s1. The first-order valence-corrected chi connectivity index (χ1v) is 12.0. The number of aliphatic imine (C=N–C) groups is 1. The van der Waals surface area contributed by atoms with E-state index in [9.17, 15) is 0 Å². The summed E-state index contributed by atoms with van der Waals surface area (Å²) in [6.45, 7) is 7.56. The highest BCUT2D eigenvalue weighted by molar-refractivity contribution is 7.73. The van der Waals surface area contributed by atoms with Gasteiger partial charge in [-0.2, -0.15) is 0 Å². The van der Waals surface area contributed by atoms with Crippen molar-refractivity contribution in [1.29, 1.82) is 0 Å². The summed E-state index contributed by atoms with van der Waals surface area (Å²) >= 11 is 0. The van der Waals surface area contributed by atoms with Gasteiger partial charge in [0.2, 0.25) is 0 Å². The second kappa shape index (κ2) is 8.37. The molecular formula is C25H32NOP. The summed E-state index contributed by atoms with van der Waals surface area (Å²) in [7, 11) is -0.428. The van der Waals surface area contributed by atoms with Crippen LogP contribution in [-0.2, 0) is 4.74 Å².